The summed E-state index contributed by atoms with van der Waals surface area (Å²) < 4.78 is 10.5. The van der Waals surface area contributed by atoms with Gasteiger partial charge in [-0.05, 0) is 48.9 Å². The summed E-state index contributed by atoms with van der Waals surface area (Å²) in [7, 11) is 1.47. The van der Waals surface area contributed by atoms with Gasteiger partial charge in [0.05, 0.1) is 25.0 Å². The second-order valence-electron chi connectivity index (χ2n) is 5.93. The number of ether oxygens (including phenoxy) is 2. The predicted molar refractivity (Wildman–Crippen MR) is 106 cm³/mol. The van der Waals surface area contributed by atoms with Crippen LogP contribution in [0, 0.1) is 0 Å². The lowest BCUT2D eigenvalue weighted by Gasteiger charge is -2.10. The maximum Gasteiger partial charge on any atom is 0.259 e. The molecule has 1 heterocycles. The number of methoxy groups -OCH3 is 1. The number of aromatic amines is 1. The molecule has 0 spiro atoms. The zero-order chi connectivity index (χ0) is 20.1. The number of pyridine rings is 1. The van der Waals surface area contributed by atoms with Gasteiger partial charge in [-0.1, -0.05) is 12.1 Å². The van der Waals surface area contributed by atoms with Gasteiger partial charge in [0, 0.05) is 11.8 Å². The van der Waals surface area contributed by atoms with E-state index in [-0.39, 0.29) is 16.9 Å². The Morgan fingerprint density at radius 3 is 2.50 bits per heavy atom. The topological polar surface area (TPSA) is 101 Å². The normalized spacial score (nSPS) is 10.4. The Morgan fingerprint density at radius 2 is 1.82 bits per heavy atom. The number of phenolic OH excluding ortho intramolecular Hbond substituents is 1. The average Bonchev–Trinajstić information content (AvgIpc) is 2.70. The Balaban J connectivity index is 1.87. The number of rotatable bonds is 6. The molecule has 0 atom stereocenters. The van der Waals surface area contributed by atoms with Gasteiger partial charge in [0.25, 0.3) is 11.5 Å². The number of nitrogens with one attached hydrogen (secondary N) is 2. The quantitative estimate of drug-likeness (QED) is 0.608. The van der Waals surface area contributed by atoms with Crippen molar-refractivity contribution in [1.82, 2.24) is 4.98 Å². The Labute approximate surface area is 161 Å². The molecule has 2 aromatic carbocycles. The van der Waals surface area contributed by atoms with Gasteiger partial charge < -0.3 is 24.9 Å². The highest BCUT2D eigenvalue weighted by atomic mass is 16.5. The van der Waals surface area contributed by atoms with Crippen molar-refractivity contribution in [2.45, 2.75) is 6.92 Å². The molecule has 0 fully saturated rings. The molecule has 28 heavy (non-hydrogen) atoms. The van der Waals surface area contributed by atoms with Crippen LogP contribution in [0.3, 0.4) is 0 Å². The Morgan fingerprint density at radius 1 is 1.11 bits per heavy atom. The number of carbonyl (C=O) groups is 1. The maximum atomic E-state index is 12.5. The SMILES string of the molecule is CCOc1ccc(-c2cc(NC(=O)c3cc(OC)ccc3O)c[nH]c2=O)cc1. The van der Waals surface area contributed by atoms with Crippen LogP contribution in [0.25, 0.3) is 11.1 Å². The number of carbonyl (C=O) groups excluding carboxylic acids is 1. The van der Waals surface area contributed by atoms with Gasteiger partial charge in [0.15, 0.2) is 0 Å². The van der Waals surface area contributed by atoms with Gasteiger partial charge in [0.1, 0.15) is 17.2 Å². The molecule has 0 saturated carbocycles. The first-order chi connectivity index (χ1) is 13.5. The lowest BCUT2D eigenvalue weighted by molar-refractivity contribution is 0.102. The number of hydrogen-bond donors (Lipinski definition) is 3. The molecule has 0 aliphatic carbocycles. The molecule has 0 saturated heterocycles. The fourth-order valence-electron chi connectivity index (χ4n) is 2.69. The van der Waals surface area contributed by atoms with E-state index >= 15 is 0 Å². The smallest absolute Gasteiger partial charge is 0.259 e. The van der Waals surface area contributed by atoms with Gasteiger partial charge in [-0.3, -0.25) is 9.59 Å². The minimum Gasteiger partial charge on any atom is -0.507 e. The molecular weight excluding hydrogens is 360 g/mol. The molecule has 7 nitrogen and oxygen atoms in total. The summed E-state index contributed by atoms with van der Waals surface area (Å²) in [6.45, 7) is 2.45. The van der Waals surface area contributed by atoms with Gasteiger partial charge in [-0.25, -0.2) is 0 Å². The first-order valence-electron chi connectivity index (χ1n) is 8.66. The van der Waals surface area contributed by atoms with Gasteiger partial charge in [-0.15, -0.1) is 0 Å². The van der Waals surface area contributed by atoms with Crippen molar-refractivity contribution < 1.29 is 19.4 Å². The lowest BCUT2D eigenvalue weighted by Crippen LogP contribution is -2.15. The summed E-state index contributed by atoms with van der Waals surface area (Å²) in [5, 5.41) is 12.6. The van der Waals surface area contributed by atoms with Crippen LogP contribution in [-0.2, 0) is 0 Å². The molecule has 3 aromatic rings. The monoisotopic (exact) mass is 380 g/mol. The van der Waals surface area contributed by atoms with Crippen LogP contribution in [0.4, 0.5) is 5.69 Å². The van der Waals surface area contributed by atoms with Gasteiger partial charge in [0.2, 0.25) is 0 Å². The molecule has 3 rings (SSSR count). The summed E-state index contributed by atoms with van der Waals surface area (Å²) >= 11 is 0. The van der Waals surface area contributed by atoms with Crippen LogP contribution in [0.15, 0.2) is 59.5 Å². The summed E-state index contributed by atoms with van der Waals surface area (Å²) in [6.07, 6.45) is 1.40. The third-order valence-electron chi connectivity index (χ3n) is 4.09. The Kier molecular flexibility index (Phi) is 5.64. The zero-order valence-electron chi connectivity index (χ0n) is 15.5. The molecule has 0 aliphatic heterocycles. The number of H-pyrrole nitrogens is 1. The van der Waals surface area contributed by atoms with Gasteiger partial charge >= 0.3 is 0 Å². The van der Waals surface area contributed by atoms with E-state index in [2.05, 4.69) is 10.3 Å². The zero-order valence-corrected chi connectivity index (χ0v) is 15.5. The van der Waals surface area contributed by atoms with Crippen molar-refractivity contribution in [2.75, 3.05) is 19.0 Å². The molecule has 1 amide bonds. The van der Waals surface area contributed by atoms with Crippen molar-refractivity contribution in [1.29, 1.82) is 0 Å². The van der Waals surface area contributed by atoms with Crippen molar-refractivity contribution in [3.63, 3.8) is 0 Å². The van der Waals surface area contributed by atoms with Crippen LogP contribution >= 0.6 is 0 Å². The first kappa shape index (κ1) is 19.0. The molecule has 0 unspecified atom stereocenters. The number of amides is 1. The largest absolute Gasteiger partial charge is 0.507 e. The van der Waals surface area contributed by atoms with E-state index in [1.807, 2.05) is 6.92 Å². The highest BCUT2D eigenvalue weighted by Crippen LogP contribution is 2.25. The number of benzene rings is 2. The second-order valence-corrected chi connectivity index (χ2v) is 5.93. The van der Waals surface area contributed by atoms with Crippen molar-refractivity contribution in [3.05, 3.63) is 70.6 Å². The Hall–Kier alpha value is -3.74. The van der Waals surface area contributed by atoms with E-state index in [0.717, 1.165) is 0 Å². The fourth-order valence-corrected chi connectivity index (χ4v) is 2.69. The summed E-state index contributed by atoms with van der Waals surface area (Å²) in [5.74, 6) is 0.454. The van der Waals surface area contributed by atoms with E-state index in [9.17, 15) is 14.7 Å². The van der Waals surface area contributed by atoms with Crippen LogP contribution in [0.5, 0.6) is 17.2 Å². The van der Waals surface area contributed by atoms with Crippen LogP contribution in [0.2, 0.25) is 0 Å². The summed E-state index contributed by atoms with van der Waals surface area (Å²) in [5.41, 5.74) is 1.25. The number of aromatic nitrogens is 1. The highest BCUT2D eigenvalue weighted by molar-refractivity contribution is 6.06. The fraction of sp³-hybridized carbons (Fsp3) is 0.143. The molecule has 7 heteroatoms. The van der Waals surface area contributed by atoms with Crippen molar-refractivity contribution in [3.8, 4) is 28.4 Å². The molecule has 3 N–H and O–H groups in total. The number of aromatic hydroxyl groups is 1. The molecular formula is C21H20N2O5. The standard InChI is InChI=1S/C21H20N2O5/c1-3-28-15-6-4-13(5-7-15)17-10-14(12-22-20(17)25)23-21(26)18-11-16(27-2)8-9-19(18)24/h4-12,24H,3H2,1-2H3,(H,22,25)(H,23,26). The van der Waals surface area contributed by atoms with E-state index in [1.54, 1.807) is 36.4 Å². The highest BCUT2D eigenvalue weighted by Gasteiger charge is 2.14. The number of phenols is 1. The first-order valence-corrected chi connectivity index (χ1v) is 8.66. The van der Waals surface area contributed by atoms with Crippen LogP contribution < -0.4 is 20.3 Å². The maximum absolute atomic E-state index is 12.5. The van der Waals surface area contributed by atoms with E-state index < -0.39 is 5.91 Å². The van der Waals surface area contributed by atoms with Crippen molar-refractivity contribution in [2.24, 2.45) is 0 Å². The summed E-state index contributed by atoms with van der Waals surface area (Å²) in [6, 6.07) is 13.0. The average molecular weight is 380 g/mol. The van der Waals surface area contributed by atoms with Crippen LogP contribution in [0.1, 0.15) is 17.3 Å². The minimum atomic E-state index is -0.527. The Bertz CT molecular complexity index is 1040. The minimum absolute atomic E-state index is 0.0631. The second kappa shape index (κ2) is 8.30. The summed E-state index contributed by atoms with van der Waals surface area (Å²) in [4.78, 5) is 27.3. The third-order valence-corrected chi connectivity index (χ3v) is 4.09. The van der Waals surface area contributed by atoms with Crippen LogP contribution in [-0.4, -0.2) is 29.7 Å². The van der Waals surface area contributed by atoms with Crippen molar-refractivity contribution >= 4 is 11.6 Å². The molecule has 0 radical (unpaired) electrons. The van der Waals surface area contributed by atoms with Gasteiger partial charge in [-0.2, -0.15) is 0 Å². The third kappa shape index (κ3) is 4.15. The number of anilines is 1. The lowest BCUT2D eigenvalue weighted by atomic mass is 10.1. The molecule has 0 bridgehead atoms. The van der Waals surface area contributed by atoms with E-state index in [4.69, 9.17) is 9.47 Å². The number of hydrogen-bond acceptors (Lipinski definition) is 5. The molecule has 0 aliphatic rings. The van der Waals surface area contributed by atoms with E-state index in [0.29, 0.717) is 34.9 Å². The molecule has 1 aromatic heterocycles. The predicted octanol–water partition coefficient (Wildman–Crippen LogP) is 3.41. The molecule has 144 valence electrons. The van der Waals surface area contributed by atoms with E-state index in [1.165, 1.54) is 25.4 Å².